The number of carboxylic acid groups (broad SMARTS) is 1. The number of nitrogens with one attached hydrogen (secondary N) is 1. The van der Waals surface area contributed by atoms with Crippen LogP contribution in [0.5, 0.6) is 0 Å². The van der Waals surface area contributed by atoms with Crippen molar-refractivity contribution in [2.24, 2.45) is 5.92 Å². The summed E-state index contributed by atoms with van der Waals surface area (Å²) in [5.41, 5.74) is 6.21. The summed E-state index contributed by atoms with van der Waals surface area (Å²) in [6.07, 6.45) is 0. The van der Waals surface area contributed by atoms with Crippen LogP contribution in [-0.4, -0.2) is 23.0 Å². The summed E-state index contributed by atoms with van der Waals surface area (Å²) in [7, 11) is 0. The molecule has 0 unspecified atom stereocenters. The second-order valence-electron chi connectivity index (χ2n) is 5.78. The molecule has 0 aliphatic rings. The van der Waals surface area contributed by atoms with Crippen molar-refractivity contribution in [2.75, 3.05) is 5.73 Å². The maximum Gasteiger partial charge on any atom is 0.326 e. The Kier molecular flexibility index (Phi) is 4.76. The third kappa shape index (κ3) is 3.50. The molecule has 0 aromatic heterocycles. The molecule has 5 nitrogen and oxygen atoms in total. The molecule has 4 N–H and O–H groups in total. The van der Waals surface area contributed by atoms with Gasteiger partial charge in [0.2, 0.25) is 5.91 Å². The second kappa shape index (κ2) is 5.94. The maximum absolute atomic E-state index is 12.4. The summed E-state index contributed by atoms with van der Waals surface area (Å²) < 4.78 is 0. The molecule has 1 aromatic carbocycles. The van der Waals surface area contributed by atoms with E-state index in [0.717, 1.165) is 5.56 Å². The van der Waals surface area contributed by atoms with Crippen molar-refractivity contribution in [3.63, 3.8) is 0 Å². The zero-order valence-corrected chi connectivity index (χ0v) is 12.3. The third-order valence-corrected chi connectivity index (χ3v) is 3.42. The zero-order chi connectivity index (χ0) is 15.5. The monoisotopic (exact) mass is 278 g/mol. The van der Waals surface area contributed by atoms with Gasteiger partial charge in [0.05, 0.1) is 5.41 Å². The molecule has 1 amide bonds. The Morgan fingerprint density at radius 2 is 1.70 bits per heavy atom. The Bertz CT molecular complexity index is 492. The van der Waals surface area contributed by atoms with Gasteiger partial charge in [0.1, 0.15) is 6.04 Å². The van der Waals surface area contributed by atoms with Crippen molar-refractivity contribution in [1.82, 2.24) is 5.32 Å². The van der Waals surface area contributed by atoms with Gasteiger partial charge in [0, 0.05) is 5.69 Å². The zero-order valence-electron chi connectivity index (χ0n) is 12.3. The van der Waals surface area contributed by atoms with Gasteiger partial charge in [-0.05, 0) is 37.5 Å². The highest BCUT2D eigenvalue weighted by molar-refractivity contribution is 5.91. The molecule has 0 bridgehead atoms. The number of nitrogen functional groups attached to an aromatic ring is 1. The second-order valence-corrected chi connectivity index (χ2v) is 5.78. The Morgan fingerprint density at radius 1 is 1.20 bits per heavy atom. The molecule has 0 spiro atoms. The standard InChI is InChI=1S/C15H22N2O3/c1-9(2)12(13(18)19)17-14(20)15(3,4)10-5-7-11(16)8-6-10/h5-9,12H,16H2,1-4H3,(H,17,20)(H,18,19)/t12-/m1/s1. The maximum atomic E-state index is 12.4. The normalized spacial score (nSPS) is 13.1. The lowest BCUT2D eigenvalue weighted by Gasteiger charge is -2.27. The molecule has 0 aliphatic carbocycles. The summed E-state index contributed by atoms with van der Waals surface area (Å²) >= 11 is 0. The lowest BCUT2D eigenvalue weighted by atomic mass is 9.83. The summed E-state index contributed by atoms with van der Waals surface area (Å²) in [5, 5.41) is 11.7. The summed E-state index contributed by atoms with van der Waals surface area (Å²) in [6.45, 7) is 7.03. The predicted octanol–water partition coefficient (Wildman–Crippen LogP) is 1.77. The highest BCUT2D eigenvalue weighted by Crippen LogP contribution is 2.24. The fourth-order valence-corrected chi connectivity index (χ4v) is 1.87. The highest BCUT2D eigenvalue weighted by Gasteiger charge is 2.33. The van der Waals surface area contributed by atoms with E-state index in [1.165, 1.54) is 0 Å². The molecule has 0 heterocycles. The number of nitrogens with two attached hydrogens (primary N) is 1. The van der Waals surface area contributed by atoms with E-state index >= 15 is 0 Å². The number of amides is 1. The van der Waals surface area contributed by atoms with Crippen LogP contribution in [0, 0.1) is 5.92 Å². The van der Waals surface area contributed by atoms with E-state index in [9.17, 15) is 9.59 Å². The van der Waals surface area contributed by atoms with Crippen LogP contribution < -0.4 is 11.1 Å². The van der Waals surface area contributed by atoms with E-state index < -0.39 is 17.4 Å². The summed E-state index contributed by atoms with van der Waals surface area (Å²) in [4.78, 5) is 23.5. The number of carbonyl (C=O) groups excluding carboxylic acids is 1. The molecule has 20 heavy (non-hydrogen) atoms. The molecule has 0 aliphatic heterocycles. The fraction of sp³-hybridized carbons (Fsp3) is 0.467. The Hall–Kier alpha value is -2.04. The van der Waals surface area contributed by atoms with E-state index in [-0.39, 0.29) is 11.8 Å². The lowest BCUT2D eigenvalue weighted by Crippen LogP contribution is -2.50. The van der Waals surface area contributed by atoms with E-state index in [1.54, 1.807) is 52.0 Å². The van der Waals surface area contributed by atoms with Crippen LogP contribution in [0.2, 0.25) is 0 Å². The molecule has 0 saturated heterocycles. The largest absolute Gasteiger partial charge is 0.480 e. The molecule has 5 heteroatoms. The van der Waals surface area contributed by atoms with E-state index in [4.69, 9.17) is 10.8 Å². The van der Waals surface area contributed by atoms with Crippen LogP contribution in [0.3, 0.4) is 0 Å². The summed E-state index contributed by atoms with van der Waals surface area (Å²) in [6, 6.07) is 6.11. The Labute approximate surface area is 119 Å². The van der Waals surface area contributed by atoms with Gasteiger partial charge in [0.25, 0.3) is 0 Å². The number of hydrogen-bond donors (Lipinski definition) is 3. The number of hydrogen-bond acceptors (Lipinski definition) is 3. The first-order valence-corrected chi connectivity index (χ1v) is 6.56. The van der Waals surface area contributed by atoms with Gasteiger partial charge in [-0.15, -0.1) is 0 Å². The predicted molar refractivity (Wildman–Crippen MR) is 78.3 cm³/mol. The van der Waals surface area contributed by atoms with Gasteiger partial charge in [-0.2, -0.15) is 0 Å². The minimum absolute atomic E-state index is 0.182. The molecular weight excluding hydrogens is 256 g/mol. The Morgan fingerprint density at radius 3 is 2.10 bits per heavy atom. The number of anilines is 1. The third-order valence-electron chi connectivity index (χ3n) is 3.42. The smallest absolute Gasteiger partial charge is 0.326 e. The van der Waals surface area contributed by atoms with Crippen molar-refractivity contribution >= 4 is 17.6 Å². The first kappa shape index (κ1) is 16.0. The Balaban J connectivity index is 2.94. The van der Waals surface area contributed by atoms with Gasteiger partial charge in [-0.25, -0.2) is 4.79 Å². The van der Waals surface area contributed by atoms with Crippen LogP contribution in [-0.2, 0) is 15.0 Å². The van der Waals surface area contributed by atoms with Crippen molar-refractivity contribution < 1.29 is 14.7 Å². The SMILES string of the molecule is CC(C)[C@@H](NC(=O)C(C)(C)c1ccc(N)cc1)C(=O)O. The van der Waals surface area contributed by atoms with Gasteiger partial charge < -0.3 is 16.2 Å². The molecule has 1 rings (SSSR count). The molecule has 0 fully saturated rings. The van der Waals surface area contributed by atoms with Gasteiger partial charge in [0.15, 0.2) is 0 Å². The molecule has 0 radical (unpaired) electrons. The quantitative estimate of drug-likeness (QED) is 0.716. The average molecular weight is 278 g/mol. The van der Waals surface area contributed by atoms with Crippen LogP contribution >= 0.6 is 0 Å². The van der Waals surface area contributed by atoms with Crippen molar-refractivity contribution in [3.8, 4) is 0 Å². The van der Waals surface area contributed by atoms with Gasteiger partial charge in [-0.1, -0.05) is 26.0 Å². The van der Waals surface area contributed by atoms with Crippen LogP contribution in [0.15, 0.2) is 24.3 Å². The first-order chi connectivity index (χ1) is 9.16. The van der Waals surface area contributed by atoms with Gasteiger partial charge >= 0.3 is 5.97 Å². The van der Waals surface area contributed by atoms with Crippen LogP contribution in [0.1, 0.15) is 33.3 Å². The minimum atomic E-state index is -1.03. The molecule has 1 aromatic rings. The van der Waals surface area contributed by atoms with E-state index in [2.05, 4.69) is 5.32 Å². The number of aliphatic carboxylic acids is 1. The number of carbonyl (C=O) groups is 2. The molecule has 110 valence electrons. The van der Waals surface area contributed by atoms with Crippen LogP contribution in [0.4, 0.5) is 5.69 Å². The van der Waals surface area contributed by atoms with Gasteiger partial charge in [-0.3, -0.25) is 4.79 Å². The van der Waals surface area contributed by atoms with Crippen molar-refractivity contribution in [3.05, 3.63) is 29.8 Å². The summed E-state index contributed by atoms with van der Waals surface area (Å²) in [5.74, 6) is -1.52. The molecular formula is C15H22N2O3. The average Bonchev–Trinajstić information content (AvgIpc) is 2.35. The lowest BCUT2D eigenvalue weighted by molar-refractivity contribution is -0.143. The minimum Gasteiger partial charge on any atom is -0.480 e. The number of carboxylic acids is 1. The highest BCUT2D eigenvalue weighted by atomic mass is 16.4. The number of rotatable bonds is 5. The fourth-order valence-electron chi connectivity index (χ4n) is 1.87. The van der Waals surface area contributed by atoms with Crippen molar-refractivity contribution in [2.45, 2.75) is 39.2 Å². The molecule has 0 saturated carbocycles. The van der Waals surface area contributed by atoms with Crippen molar-refractivity contribution in [1.29, 1.82) is 0 Å². The van der Waals surface area contributed by atoms with Crippen LogP contribution in [0.25, 0.3) is 0 Å². The van der Waals surface area contributed by atoms with E-state index in [1.807, 2.05) is 0 Å². The number of benzene rings is 1. The topological polar surface area (TPSA) is 92.4 Å². The first-order valence-electron chi connectivity index (χ1n) is 6.56. The molecule has 1 atom stereocenters. The van der Waals surface area contributed by atoms with E-state index in [0.29, 0.717) is 5.69 Å².